The van der Waals surface area contributed by atoms with E-state index in [4.69, 9.17) is 0 Å². The molecule has 0 N–H and O–H groups in total. The Labute approximate surface area is 152 Å². The van der Waals surface area contributed by atoms with E-state index in [0.717, 1.165) is 31.2 Å². The van der Waals surface area contributed by atoms with Gasteiger partial charge in [-0.25, -0.2) is 17.6 Å². The van der Waals surface area contributed by atoms with Crippen molar-refractivity contribution in [1.82, 2.24) is 0 Å². The molecular formula is C22H24F4. The van der Waals surface area contributed by atoms with Crippen molar-refractivity contribution in [2.45, 2.75) is 58.3 Å². The lowest BCUT2D eigenvalue weighted by Gasteiger charge is -2.27. The first-order chi connectivity index (χ1) is 12.4. The predicted molar refractivity (Wildman–Crippen MR) is 96.1 cm³/mol. The molecule has 1 fully saturated rings. The first kappa shape index (κ1) is 18.9. The smallest absolute Gasteiger partial charge is 0.170 e. The molecule has 1 saturated carbocycles. The molecule has 0 bridgehead atoms. The van der Waals surface area contributed by atoms with Gasteiger partial charge in [-0.15, -0.1) is 0 Å². The predicted octanol–water partition coefficient (Wildman–Crippen LogP) is 7.16. The average molecular weight is 364 g/mol. The van der Waals surface area contributed by atoms with Crippen LogP contribution in [-0.2, 0) is 6.42 Å². The second-order valence-electron chi connectivity index (χ2n) is 7.45. The van der Waals surface area contributed by atoms with E-state index in [0.29, 0.717) is 18.8 Å². The van der Waals surface area contributed by atoms with Gasteiger partial charge < -0.3 is 0 Å². The largest absolute Gasteiger partial charge is 0.203 e. The minimum absolute atomic E-state index is 0.154. The van der Waals surface area contributed by atoms with Crippen LogP contribution in [0.25, 0.3) is 11.1 Å². The second kappa shape index (κ2) is 7.81. The van der Waals surface area contributed by atoms with Crippen LogP contribution in [0.3, 0.4) is 0 Å². The molecule has 0 aromatic heterocycles. The molecule has 0 amide bonds. The van der Waals surface area contributed by atoms with Gasteiger partial charge in [0.25, 0.3) is 0 Å². The highest BCUT2D eigenvalue weighted by molar-refractivity contribution is 5.66. The third kappa shape index (κ3) is 3.51. The average Bonchev–Trinajstić information content (AvgIpc) is 2.64. The third-order valence-electron chi connectivity index (χ3n) is 5.50. The molecule has 1 aliphatic rings. The van der Waals surface area contributed by atoms with Crippen LogP contribution in [0, 0.1) is 29.2 Å². The lowest BCUT2D eigenvalue weighted by atomic mass is 9.78. The molecule has 0 nitrogen and oxygen atoms in total. The van der Waals surface area contributed by atoms with E-state index in [9.17, 15) is 17.6 Å². The van der Waals surface area contributed by atoms with Crippen LogP contribution in [0.4, 0.5) is 17.6 Å². The summed E-state index contributed by atoms with van der Waals surface area (Å²) in [6.07, 6.45) is 4.52. The van der Waals surface area contributed by atoms with Gasteiger partial charge in [0.2, 0.25) is 0 Å². The number of hydrogen-bond acceptors (Lipinski definition) is 0. The molecule has 1 aliphatic carbocycles. The van der Waals surface area contributed by atoms with Crippen molar-refractivity contribution in [3.63, 3.8) is 0 Å². The van der Waals surface area contributed by atoms with Crippen molar-refractivity contribution in [1.29, 1.82) is 0 Å². The standard InChI is InChI=1S/C22H24F4/c1-3-4-14-7-11-16(12-8-14)18-21(25)19(23)17(20(24)22(18)26)15-9-5-13(2)6-10-15/h7-8,11-13,15H,3-6,9-10H2,1-2H3. The molecule has 26 heavy (non-hydrogen) atoms. The summed E-state index contributed by atoms with van der Waals surface area (Å²) in [5.74, 6) is -5.04. The van der Waals surface area contributed by atoms with Gasteiger partial charge in [0.05, 0.1) is 5.56 Å². The van der Waals surface area contributed by atoms with Crippen LogP contribution >= 0.6 is 0 Å². The summed E-state index contributed by atoms with van der Waals surface area (Å²) in [6.45, 7) is 4.11. The summed E-state index contributed by atoms with van der Waals surface area (Å²) < 4.78 is 58.8. The summed E-state index contributed by atoms with van der Waals surface area (Å²) in [4.78, 5) is 0. The number of hydrogen-bond donors (Lipinski definition) is 0. The summed E-state index contributed by atoms with van der Waals surface area (Å²) in [5, 5.41) is 0. The summed E-state index contributed by atoms with van der Waals surface area (Å²) in [7, 11) is 0. The fourth-order valence-electron chi connectivity index (χ4n) is 3.94. The molecule has 2 aromatic carbocycles. The maximum absolute atomic E-state index is 14.7. The van der Waals surface area contributed by atoms with Gasteiger partial charge in [0.15, 0.2) is 23.3 Å². The maximum atomic E-state index is 14.7. The van der Waals surface area contributed by atoms with E-state index >= 15 is 0 Å². The van der Waals surface area contributed by atoms with Gasteiger partial charge in [-0.05, 0) is 42.2 Å². The lowest BCUT2D eigenvalue weighted by molar-refractivity contribution is 0.327. The molecule has 0 aliphatic heterocycles. The molecule has 3 rings (SSSR count). The van der Waals surface area contributed by atoms with E-state index in [1.54, 1.807) is 12.1 Å². The van der Waals surface area contributed by atoms with Gasteiger partial charge in [-0.2, -0.15) is 0 Å². The fraction of sp³-hybridized carbons (Fsp3) is 0.455. The van der Waals surface area contributed by atoms with Gasteiger partial charge in [0.1, 0.15) is 0 Å². The van der Waals surface area contributed by atoms with Crippen LogP contribution in [-0.4, -0.2) is 0 Å². The molecule has 0 spiro atoms. The zero-order valence-electron chi connectivity index (χ0n) is 15.2. The Balaban J connectivity index is 2.03. The highest BCUT2D eigenvalue weighted by Gasteiger charge is 2.32. The van der Waals surface area contributed by atoms with E-state index in [1.807, 2.05) is 6.92 Å². The molecule has 2 aromatic rings. The normalized spacial score (nSPS) is 20.4. The lowest BCUT2D eigenvalue weighted by Crippen LogP contribution is -2.16. The van der Waals surface area contributed by atoms with Crippen LogP contribution in [0.15, 0.2) is 24.3 Å². The minimum atomic E-state index is -1.29. The van der Waals surface area contributed by atoms with Gasteiger partial charge in [0, 0.05) is 5.56 Å². The molecule has 0 atom stereocenters. The van der Waals surface area contributed by atoms with E-state index in [-0.39, 0.29) is 5.56 Å². The molecule has 4 heteroatoms. The molecule has 0 heterocycles. The van der Waals surface area contributed by atoms with E-state index < -0.39 is 40.3 Å². The Bertz CT molecular complexity index is 743. The Morgan fingerprint density at radius 3 is 1.85 bits per heavy atom. The number of rotatable bonds is 4. The van der Waals surface area contributed by atoms with Crippen molar-refractivity contribution >= 4 is 0 Å². The zero-order valence-corrected chi connectivity index (χ0v) is 15.2. The van der Waals surface area contributed by atoms with Crippen LogP contribution in [0.1, 0.15) is 63.0 Å². The van der Waals surface area contributed by atoms with Crippen molar-refractivity contribution in [2.24, 2.45) is 5.92 Å². The first-order valence-corrected chi connectivity index (χ1v) is 9.39. The van der Waals surface area contributed by atoms with Crippen LogP contribution < -0.4 is 0 Å². The molecular weight excluding hydrogens is 340 g/mol. The van der Waals surface area contributed by atoms with E-state index in [2.05, 4.69) is 6.92 Å². The Kier molecular flexibility index (Phi) is 5.69. The van der Waals surface area contributed by atoms with Crippen LogP contribution in [0.2, 0.25) is 0 Å². The Morgan fingerprint density at radius 1 is 0.808 bits per heavy atom. The molecule has 0 saturated heterocycles. The first-order valence-electron chi connectivity index (χ1n) is 9.39. The zero-order chi connectivity index (χ0) is 18.8. The highest BCUT2D eigenvalue weighted by Crippen LogP contribution is 2.41. The SMILES string of the molecule is CCCc1ccc(-c2c(F)c(F)c(C3CCC(C)CC3)c(F)c2F)cc1. The van der Waals surface area contributed by atoms with Crippen molar-refractivity contribution in [2.75, 3.05) is 0 Å². The fourth-order valence-corrected chi connectivity index (χ4v) is 3.94. The summed E-state index contributed by atoms with van der Waals surface area (Å²) >= 11 is 0. The van der Waals surface area contributed by atoms with Gasteiger partial charge >= 0.3 is 0 Å². The van der Waals surface area contributed by atoms with Crippen LogP contribution in [0.5, 0.6) is 0 Å². The van der Waals surface area contributed by atoms with Gasteiger partial charge in [-0.3, -0.25) is 0 Å². The number of aryl methyl sites for hydroxylation is 1. The molecule has 0 radical (unpaired) electrons. The number of benzene rings is 2. The minimum Gasteiger partial charge on any atom is -0.203 e. The Hall–Kier alpha value is -1.84. The van der Waals surface area contributed by atoms with Crippen molar-refractivity contribution < 1.29 is 17.6 Å². The van der Waals surface area contributed by atoms with E-state index in [1.165, 1.54) is 12.1 Å². The molecule has 0 unspecified atom stereocenters. The summed E-state index contributed by atoms with van der Waals surface area (Å²) in [5.41, 5.74) is 0.140. The van der Waals surface area contributed by atoms with Crippen molar-refractivity contribution in [3.8, 4) is 11.1 Å². The topological polar surface area (TPSA) is 0 Å². The summed E-state index contributed by atoms with van der Waals surface area (Å²) in [6, 6.07) is 6.52. The van der Waals surface area contributed by atoms with Gasteiger partial charge in [-0.1, -0.05) is 57.4 Å². The number of halogens is 4. The Morgan fingerprint density at radius 2 is 1.35 bits per heavy atom. The monoisotopic (exact) mass is 364 g/mol. The second-order valence-corrected chi connectivity index (χ2v) is 7.45. The quantitative estimate of drug-likeness (QED) is 0.399. The highest BCUT2D eigenvalue weighted by atomic mass is 19.2. The van der Waals surface area contributed by atoms with Crippen molar-refractivity contribution in [3.05, 3.63) is 58.7 Å². The maximum Gasteiger partial charge on any atom is 0.170 e. The third-order valence-corrected chi connectivity index (χ3v) is 5.50. The molecule has 140 valence electrons.